The van der Waals surface area contributed by atoms with Crippen LogP contribution in [0.2, 0.25) is 5.02 Å². The van der Waals surface area contributed by atoms with E-state index in [1.807, 2.05) is 38.1 Å². The van der Waals surface area contributed by atoms with Crippen LogP contribution >= 0.6 is 11.6 Å². The number of carbonyl (C=O) groups excluding carboxylic acids is 1. The number of rotatable bonds is 6. The molecule has 0 bridgehead atoms. The highest BCUT2D eigenvalue weighted by Crippen LogP contribution is 2.20. The molecule has 0 spiro atoms. The van der Waals surface area contributed by atoms with Gasteiger partial charge in [-0.15, -0.1) is 0 Å². The highest BCUT2D eigenvalue weighted by molar-refractivity contribution is 7.92. The van der Waals surface area contributed by atoms with Gasteiger partial charge in [0.15, 0.2) is 0 Å². The molecule has 0 fully saturated rings. The van der Waals surface area contributed by atoms with Crippen LogP contribution in [0.4, 0.5) is 5.69 Å². The molecule has 5 nitrogen and oxygen atoms in total. The van der Waals surface area contributed by atoms with Crippen LogP contribution < -0.4 is 10.0 Å². The standard InChI is InChI=1S/C22H21ClN2O3S/c1-15-6-8-17(9-7-15)16(2)24-22(26)18-4-3-5-20(14-18)25-29(27,28)21-12-10-19(23)11-13-21/h3-14,16,25H,1-2H3,(H,24,26). The van der Waals surface area contributed by atoms with Crippen LogP contribution in [0.15, 0.2) is 77.7 Å². The monoisotopic (exact) mass is 428 g/mol. The van der Waals surface area contributed by atoms with Gasteiger partial charge in [0, 0.05) is 16.3 Å². The van der Waals surface area contributed by atoms with Gasteiger partial charge in [-0.1, -0.05) is 47.5 Å². The summed E-state index contributed by atoms with van der Waals surface area (Å²) >= 11 is 5.81. The summed E-state index contributed by atoms with van der Waals surface area (Å²) in [6.45, 7) is 3.90. The number of hydrogen-bond acceptors (Lipinski definition) is 3. The van der Waals surface area contributed by atoms with Crippen molar-refractivity contribution in [2.45, 2.75) is 24.8 Å². The first-order chi connectivity index (χ1) is 13.7. The van der Waals surface area contributed by atoms with Crippen LogP contribution in [-0.2, 0) is 10.0 Å². The topological polar surface area (TPSA) is 75.3 Å². The highest BCUT2D eigenvalue weighted by atomic mass is 35.5. The predicted octanol–water partition coefficient (Wildman–Crippen LogP) is 4.94. The van der Waals surface area contributed by atoms with E-state index in [4.69, 9.17) is 11.6 Å². The van der Waals surface area contributed by atoms with Crippen molar-refractivity contribution in [3.05, 3.63) is 94.5 Å². The van der Waals surface area contributed by atoms with Crippen LogP contribution in [0.3, 0.4) is 0 Å². The Morgan fingerprint density at radius 2 is 1.62 bits per heavy atom. The van der Waals surface area contributed by atoms with E-state index in [0.717, 1.165) is 11.1 Å². The summed E-state index contributed by atoms with van der Waals surface area (Å²) < 4.78 is 27.5. The molecule has 2 N–H and O–H groups in total. The Bertz CT molecular complexity index is 1110. The fourth-order valence-electron chi connectivity index (χ4n) is 2.77. The third-order valence-corrected chi connectivity index (χ3v) is 6.08. The number of sulfonamides is 1. The summed E-state index contributed by atoms with van der Waals surface area (Å²) in [4.78, 5) is 12.7. The SMILES string of the molecule is Cc1ccc(C(C)NC(=O)c2cccc(NS(=O)(=O)c3ccc(Cl)cc3)c2)cc1. The number of hydrogen-bond donors (Lipinski definition) is 2. The lowest BCUT2D eigenvalue weighted by molar-refractivity contribution is 0.0940. The third kappa shape index (κ3) is 5.37. The van der Waals surface area contributed by atoms with Gasteiger partial charge in [-0.2, -0.15) is 0 Å². The molecule has 1 amide bonds. The molecule has 150 valence electrons. The van der Waals surface area contributed by atoms with E-state index in [9.17, 15) is 13.2 Å². The van der Waals surface area contributed by atoms with Gasteiger partial charge in [-0.3, -0.25) is 9.52 Å². The summed E-state index contributed by atoms with van der Waals surface area (Å²) in [5.74, 6) is -0.286. The van der Waals surface area contributed by atoms with Crippen molar-refractivity contribution < 1.29 is 13.2 Å². The zero-order valence-corrected chi connectivity index (χ0v) is 17.6. The minimum Gasteiger partial charge on any atom is -0.346 e. The molecular formula is C22H21ClN2O3S. The lowest BCUT2D eigenvalue weighted by Gasteiger charge is -2.15. The molecule has 7 heteroatoms. The Kier molecular flexibility index (Phi) is 6.25. The van der Waals surface area contributed by atoms with Gasteiger partial charge in [0.25, 0.3) is 15.9 Å². The number of aryl methyl sites for hydroxylation is 1. The smallest absolute Gasteiger partial charge is 0.261 e. The summed E-state index contributed by atoms with van der Waals surface area (Å²) in [6.07, 6.45) is 0. The molecule has 0 aromatic heterocycles. The molecule has 3 aromatic carbocycles. The quantitative estimate of drug-likeness (QED) is 0.583. The van der Waals surface area contributed by atoms with Gasteiger partial charge in [0.1, 0.15) is 0 Å². The van der Waals surface area contributed by atoms with Gasteiger partial charge in [-0.05, 0) is 61.9 Å². The number of nitrogens with one attached hydrogen (secondary N) is 2. The first-order valence-electron chi connectivity index (χ1n) is 9.00. The van der Waals surface area contributed by atoms with Crippen molar-refractivity contribution >= 4 is 33.2 Å². The van der Waals surface area contributed by atoms with Crippen molar-refractivity contribution in [3.8, 4) is 0 Å². The molecule has 0 aliphatic heterocycles. The largest absolute Gasteiger partial charge is 0.346 e. The molecule has 0 saturated heterocycles. The van der Waals surface area contributed by atoms with Crippen molar-refractivity contribution in [3.63, 3.8) is 0 Å². The first kappa shape index (κ1) is 20.9. The predicted molar refractivity (Wildman–Crippen MR) is 116 cm³/mol. The maximum Gasteiger partial charge on any atom is 0.261 e. The zero-order valence-electron chi connectivity index (χ0n) is 16.0. The molecule has 1 atom stereocenters. The molecule has 0 saturated carbocycles. The van der Waals surface area contributed by atoms with Crippen LogP contribution in [0.25, 0.3) is 0 Å². The van der Waals surface area contributed by atoms with E-state index in [1.165, 1.54) is 30.3 Å². The average molecular weight is 429 g/mol. The van der Waals surface area contributed by atoms with Crippen molar-refractivity contribution in [2.24, 2.45) is 0 Å². The normalized spacial score (nSPS) is 12.2. The van der Waals surface area contributed by atoms with E-state index in [0.29, 0.717) is 16.3 Å². The third-order valence-electron chi connectivity index (χ3n) is 4.43. The Labute approximate surface area is 175 Å². The zero-order chi connectivity index (χ0) is 21.0. The van der Waals surface area contributed by atoms with Crippen molar-refractivity contribution in [1.29, 1.82) is 0 Å². The Hall–Kier alpha value is -2.83. The number of halogens is 1. The van der Waals surface area contributed by atoms with E-state index >= 15 is 0 Å². The molecule has 29 heavy (non-hydrogen) atoms. The molecule has 1 unspecified atom stereocenters. The van der Waals surface area contributed by atoms with E-state index < -0.39 is 10.0 Å². The second-order valence-corrected chi connectivity index (χ2v) is 8.86. The van der Waals surface area contributed by atoms with Gasteiger partial charge >= 0.3 is 0 Å². The van der Waals surface area contributed by atoms with Gasteiger partial charge in [-0.25, -0.2) is 8.42 Å². The number of anilines is 1. The van der Waals surface area contributed by atoms with E-state index in [-0.39, 0.29) is 16.8 Å². The first-order valence-corrected chi connectivity index (χ1v) is 10.9. The lowest BCUT2D eigenvalue weighted by atomic mass is 10.1. The number of benzene rings is 3. The minimum atomic E-state index is -3.78. The van der Waals surface area contributed by atoms with Crippen LogP contribution in [-0.4, -0.2) is 14.3 Å². The van der Waals surface area contributed by atoms with E-state index in [2.05, 4.69) is 10.0 Å². The minimum absolute atomic E-state index is 0.0877. The maximum atomic E-state index is 12.6. The van der Waals surface area contributed by atoms with Crippen LogP contribution in [0.1, 0.15) is 34.5 Å². The number of amides is 1. The Morgan fingerprint density at radius 3 is 2.28 bits per heavy atom. The Morgan fingerprint density at radius 1 is 0.966 bits per heavy atom. The molecule has 0 heterocycles. The molecule has 0 aliphatic carbocycles. The molecule has 0 aliphatic rings. The molecule has 0 radical (unpaired) electrons. The fourth-order valence-corrected chi connectivity index (χ4v) is 3.95. The fraction of sp³-hybridized carbons (Fsp3) is 0.136. The molecule has 3 aromatic rings. The summed E-state index contributed by atoms with van der Waals surface area (Å²) in [5, 5.41) is 3.38. The lowest BCUT2D eigenvalue weighted by Crippen LogP contribution is -2.26. The number of carbonyl (C=O) groups is 1. The summed E-state index contributed by atoms with van der Waals surface area (Å²) in [5.41, 5.74) is 2.80. The maximum absolute atomic E-state index is 12.6. The summed E-state index contributed by atoms with van der Waals surface area (Å²) in [6, 6.07) is 20.0. The highest BCUT2D eigenvalue weighted by Gasteiger charge is 2.16. The van der Waals surface area contributed by atoms with Gasteiger partial charge in [0.05, 0.1) is 10.9 Å². The molecule has 3 rings (SSSR count). The van der Waals surface area contributed by atoms with Gasteiger partial charge < -0.3 is 5.32 Å². The summed E-state index contributed by atoms with van der Waals surface area (Å²) in [7, 11) is -3.78. The van der Waals surface area contributed by atoms with Crippen molar-refractivity contribution in [2.75, 3.05) is 4.72 Å². The second kappa shape index (κ2) is 8.68. The van der Waals surface area contributed by atoms with Crippen LogP contribution in [0, 0.1) is 6.92 Å². The van der Waals surface area contributed by atoms with Crippen LogP contribution in [0.5, 0.6) is 0 Å². The van der Waals surface area contributed by atoms with Gasteiger partial charge in [0.2, 0.25) is 0 Å². The van der Waals surface area contributed by atoms with Crippen molar-refractivity contribution in [1.82, 2.24) is 5.32 Å². The van der Waals surface area contributed by atoms with E-state index in [1.54, 1.807) is 18.2 Å². The Balaban J connectivity index is 1.74. The average Bonchev–Trinajstić information content (AvgIpc) is 2.68. The molecular weight excluding hydrogens is 408 g/mol. The second-order valence-electron chi connectivity index (χ2n) is 6.75.